The molecule has 3 nitrogen and oxygen atoms in total. The Morgan fingerprint density at radius 3 is 2.59 bits per heavy atom. The Hall–Kier alpha value is -1.61. The van der Waals surface area contributed by atoms with E-state index in [1.54, 1.807) is 0 Å². The van der Waals surface area contributed by atoms with Crippen molar-refractivity contribution in [3.05, 3.63) is 48.6 Å². The Balaban J connectivity index is 1.79. The van der Waals surface area contributed by atoms with Crippen LogP contribution in [0.15, 0.2) is 43.0 Å². The average molecular weight is 299 g/mol. The van der Waals surface area contributed by atoms with Gasteiger partial charge in [-0.1, -0.05) is 36.4 Å². The zero-order valence-corrected chi connectivity index (χ0v) is 13.1. The van der Waals surface area contributed by atoms with Crippen LogP contribution in [0.4, 0.5) is 0 Å². The van der Waals surface area contributed by atoms with Gasteiger partial charge in [0.25, 0.3) is 0 Å². The number of aliphatic hydroxyl groups excluding tert-OH is 1. The van der Waals surface area contributed by atoms with Gasteiger partial charge in [0.15, 0.2) is 0 Å². The Labute approximate surface area is 132 Å². The summed E-state index contributed by atoms with van der Waals surface area (Å²) in [6, 6.07) is 10.1. The molecule has 1 aliphatic carbocycles. The molecule has 0 radical (unpaired) electrons. The highest BCUT2D eigenvalue weighted by molar-refractivity contribution is 5.91. The van der Waals surface area contributed by atoms with Crippen molar-refractivity contribution in [2.45, 2.75) is 37.5 Å². The summed E-state index contributed by atoms with van der Waals surface area (Å²) in [4.78, 5) is 15.1. The van der Waals surface area contributed by atoms with Gasteiger partial charge >= 0.3 is 0 Å². The van der Waals surface area contributed by atoms with Crippen molar-refractivity contribution >= 4 is 5.91 Å². The molecule has 118 valence electrons. The number of carbonyl (C=O) groups excluding carboxylic acids is 1. The molecule has 2 fully saturated rings. The molecule has 1 saturated carbocycles. The van der Waals surface area contributed by atoms with Gasteiger partial charge in [0.1, 0.15) is 0 Å². The summed E-state index contributed by atoms with van der Waals surface area (Å²) in [5.74, 6) is 0.250. The topological polar surface area (TPSA) is 40.5 Å². The van der Waals surface area contributed by atoms with Crippen LogP contribution in [-0.4, -0.2) is 35.6 Å². The Morgan fingerprint density at radius 2 is 2.00 bits per heavy atom. The van der Waals surface area contributed by atoms with Crippen molar-refractivity contribution in [3.63, 3.8) is 0 Å². The molecule has 1 heterocycles. The first kappa shape index (κ1) is 15.3. The number of hydrogen-bond donors (Lipinski definition) is 1. The van der Waals surface area contributed by atoms with Gasteiger partial charge < -0.3 is 10.0 Å². The highest BCUT2D eigenvalue weighted by atomic mass is 16.3. The third-order valence-electron chi connectivity index (χ3n) is 5.35. The normalized spacial score (nSPS) is 26.5. The van der Waals surface area contributed by atoms with Gasteiger partial charge in [0.05, 0.1) is 12.0 Å². The highest BCUT2D eigenvalue weighted by Crippen LogP contribution is 2.50. The molecule has 0 aromatic heterocycles. The number of rotatable bonds is 5. The van der Waals surface area contributed by atoms with E-state index in [1.165, 1.54) is 0 Å². The van der Waals surface area contributed by atoms with Gasteiger partial charge in [-0.2, -0.15) is 0 Å². The zero-order valence-electron chi connectivity index (χ0n) is 13.1. The van der Waals surface area contributed by atoms with Crippen LogP contribution in [0.2, 0.25) is 0 Å². The van der Waals surface area contributed by atoms with Crippen LogP contribution in [0.3, 0.4) is 0 Å². The minimum Gasteiger partial charge on any atom is -0.396 e. The number of piperidine rings is 1. The minimum atomic E-state index is -0.298. The first-order valence-electron chi connectivity index (χ1n) is 8.22. The molecule has 22 heavy (non-hydrogen) atoms. The summed E-state index contributed by atoms with van der Waals surface area (Å²) in [5.41, 5.74) is 0.653. The number of amides is 1. The number of aliphatic hydroxyl groups is 1. The van der Waals surface area contributed by atoms with Gasteiger partial charge in [0.2, 0.25) is 5.91 Å². The van der Waals surface area contributed by atoms with Crippen LogP contribution in [0, 0.1) is 5.41 Å². The van der Waals surface area contributed by atoms with E-state index in [-0.39, 0.29) is 23.3 Å². The molecular formula is C19H25NO2. The molecule has 1 aliphatic heterocycles. The van der Waals surface area contributed by atoms with E-state index in [9.17, 15) is 9.90 Å². The number of allylic oxidation sites excluding steroid dienone is 1. The predicted octanol–water partition coefficient (Wildman–Crippen LogP) is 2.90. The first-order valence-corrected chi connectivity index (χ1v) is 8.22. The second-order valence-corrected chi connectivity index (χ2v) is 6.93. The van der Waals surface area contributed by atoms with Gasteiger partial charge in [-0.25, -0.2) is 0 Å². The summed E-state index contributed by atoms with van der Waals surface area (Å²) in [6.07, 6.45) is 6.46. The maximum Gasteiger partial charge on any atom is 0.233 e. The van der Waals surface area contributed by atoms with E-state index in [4.69, 9.17) is 0 Å². The molecule has 1 saturated heterocycles. The highest BCUT2D eigenvalue weighted by Gasteiger charge is 2.54. The van der Waals surface area contributed by atoms with E-state index < -0.39 is 0 Å². The van der Waals surface area contributed by atoms with Gasteiger partial charge in [-0.05, 0) is 37.7 Å². The molecule has 0 spiro atoms. The van der Waals surface area contributed by atoms with Crippen LogP contribution in [-0.2, 0) is 10.2 Å². The largest absolute Gasteiger partial charge is 0.396 e. The summed E-state index contributed by atoms with van der Waals surface area (Å²) in [5, 5.41) is 9.82. The SMILES string of the molecule is C=CCC1(CO)CCCN(C(=O)C2(c3ccccc3)CC2)C1. The second-order valence-electron chi connectivity index (χ2n) is 6.93. The fraction of sp³-hybridized carbons (Fsp3) is 0.526. The van der Waals surface area contributed by atoms with Gasteiger partial charge in [0, 0.05) is 18.5 Å². The number of carbonyl (C=O) groups is 1. The Kier molecular flexibility index (Phi) is 4.09. The maximum atomic E-state index is 13.1. The van der Waals surface area contributed by atoms with Crippen molar-refractivity contribution in [3.8, 4) is 0 Å². The molecule has 1 N–H and O–H groups in total. The number of nitrogens with zero attached hydrogens (tertiary/aromatic N) is 1. The summed E-state index contributed by atoms with van der Waals surface area (Å²) in [7, 11) is 0. The standard InChI is InChI=1S/C19H25NO2/c1-2-9-18(15-21)10-6-13-20(14-18)17(22)19(11-12-19)16-7-4-3-5-8-16/h2-5,7-8,21H,1,6,9-15H2. The number of hydrogen-bond acceptors (Lipinski definition) is 2. The fourth-order valence-corrected chi connectivity index (χ4v) is 3.86. The lowest BCUT2D eigenvalue weighted by Crippen LogP contribution is -2.50. The van der Waals surface area contributed by atoms with Crippen LogP contribution in [0.1, 0.15) is 37.7 Å². The maximum absolute atomic E-state index is 13.1. The molecule has 0 bridgehead atoms. The van der Waals surface area contributed by atoms with E-state index in [0.29, 0.717) is 6.54 Å². The minimum absolute atomic E-state index is 0.126. The summed E-state index contributed by atoms with van der Waals surface area (Å²) >= 11 is 0. The quantitative estimate of drug-likeness (QED) is 0.849. The zero-order chi connectivity index (χ0) is 15.6. The lowest BCUT2D eigenvalue weighted by atomic mass is 9.77. The van der Waals surface area contributed by atoms with Crippen molar-refractivity contribution in [2.24, 2.45) is 5.41 Å². The number of benzene rings is 1. The molecule has 1 aromatic rings. The third kappa shape index (κ3) is 2.58. The van der Waals surface area contributed by atoms with Crippen molar-refractivity contribution in [1.82, 2.24) is 4.90 Å². The molecule has 1 unspecified atom stereocenters. The average Bonchev–Trinajstić information content (AvgIpc) is 3.37. The molecule has 2 aliphatic rings. The lowest BCUT2D eigenvalue weighted by Gasteiger charge is -2.42. The van der Waals surface area contributed by atoms with Gasteiger partial charge in [-0.15, -0.1) is 6.58 Å². The third-order valence-corrected chi connectivity index (χ3v) is 5.35. The second kappa shape index (κ2) is 5.88. The first-order chi connectivity index (χ1) is 10.7. The van der Waals surface area contributed by atoms with E-state index >= 15 is 0 Å². The van der Waals surface area contributed by atoms with Crippen LogP contribution in [0.5, 0.6) is 0 Å². The van der Waals surface area contributed by atoms with E-state index in [1.807, 2.05) is 29.2 Å². The van der Waals surface area contributed by atoms with Crippen molar-refractivity contribution in [1.29, 1.82) is 0 Å². The number of likely N-dealkylation sites (tertiary alicyclic amines) is 1. The van der Waals surface area contributed by atoms with Crippen LogP contribution < -0.4 is 0 Å². The fourth-order valence-electron chi connectivity index (χ4n) is 3.86. The molecule has 3 heteroatoms. The van der Waals surface area contributed by atoms with E-state index in [2.05, 4.69) is 18.7 Å². The predicted molar refractivity (Wildman–Crippen MR) is 87.5 cm³/mol. The molecular weight excluding hydrogens is 274 g/mol. The summed E-state index contributed by atoms with van der Waals surface area (Å²) < 4.78 is 0. The lowest BCUT2D eigenvalue weighted by molar-refractivity contribution is -0.138. The Morgan fingerprint density at radius 1 is 1.27 bits per heavy atom. The van der Waals surface area contributed by atoms with Gasteiger partial charge in [-0.3, -0.25) is 4.79 Å². The molecule has 1 aromatic carbocycles. The van der Waals surface area contributed by atoms with Crippen molar-refractivity contribution < 1.29 is 9.90 Å². The van der Waals surface area contributed by atoms with Crippen molar-refractivity contribution in [2.75, 3.05) is 19.7 Å². The molecule has 3 rings (SSSR count). The smallest absolute Gasteiger partial charge is 0.233 e. The molecule has 1 atom stereocenters. The Bertz CT molecular complexity index is 550. The van der Waals surface area contributed by atoms with Crippen LogP contribution in [0.25, 0.3) is 0 Å². The van der Waals surface area contributed by atoms with Crippen LogP contribution >= 0.6 is 0 Å². The van der Waals surface area contributed by atoms with E-state index in [0.717, 1.165) is 44.2 Å². The molecule has 1 amide bonds. The monoisotopic (exact) mass is 299 g/mol. The summed E-state index contributed by atoms with van der Waals surface area (Å²) in [6.45, 7) is 5.41.